The highest BCUT2D eigenvalue weighted by Gasteiger charge is 2.13. The fourth-order valence-corrected chi connectivity index (χ4v) is 2.19. The number of H-pyrrole nitrogens is 1. The van der Waals surface area contributed by atoms with E-state index in [1.165, 1.54) is 5.39 Å². The number of aromatic amines is 1. The molecule has 4 nitrogen and oxygen atoms in total. The maximum absolute atomic E-state index is 5.78. The number of para-hydroxylation sites is 1. The van der Waals surface area contributed by atoms with Crippen molar-refractivity contribution in [1.29, 1.82) is 0 Å². The van der Waals surface area contributed by atoms with Crippen LogP contribution in [0.5, 0.6) is 0 Å². The summed E-state index contributed by atoms with van der Waals surface area (Å²) >= 11 is 0. The molecule has 0 radical (unpaired) electrons. The normalized spacial score (nSPS) is 11.2. The molecule has 17 heavy (non-hydrogen) atoms. The van der Waals surface area contributed by atoms with Crippen molar-refractivity contribution < 1.29 is 0 Å². The molecule has 86 valence electrons. The van der Waals surface area contributed by atoms with Gasteiger partial charge < -0.3 is 15.3 Å². The molecule has 0 spiro atoms. The van der Waals surface area contributed by atoms with Crippen LogP contribution in [0.3, 0.4) is 0 Å². The van der Waals surface area contributed by atoms with E-state index in [1.54, 1.807) is 6.33 Å². The van der Waals surface area contributed by atoms with Crippen molar-refractivity contribution >= 4 is 10.9 Å². The van der Waals surface area contributed by atoms with Crippen molar-refractivity contribution in [2.75, 3.05) is 0 Å². The van der Waals surface area contributed by atoms with Crippen LogP contribution in [0.25, 0.3) is 22.2 Å². The molecule has 0 saturated carbocycles. The van der Waals surface area contributed by atoms with Gasteiger partial charge in [0.25, 0.3) is 0 Å². The molecule has 0 unspecified atom stereocenters. The number of nitrogens with one attached hydrogen (secondary N) is 1. The number of fused-ring (bicyclic) bond motifs is 1. The van der Waals surface area contributed by atoms with Gasteiger partial charge in [0.1, 0.15) is 0 Å². The van der Waals surface area contributed by atoms with Crippen molar-refractivity contribution in [2.24, 2.45) is 12.8 Å². The number of hydrogen-bond acceptors (Lipinski definition) is 2. The second kappa shape index (κ2) is 3.75. The average molecular weight is 226 g/mol. The Balaban J connectivity index is 2.27. The first-order valence-electron chi connectivity index (χ1n) is 5.58. The Bertz CT molecular complexity index is 663. The van der Waals surface area contributed by atoms with E-state index in [4.69, 9.17) is 5.73 Å². The van der Waals surface area contributed by atoms with Crippen molar-refractivity contribution in [1.82, 2.24) is 14.5 Å². The number of imidazole rings is 1. The van der Waals surface area contributed by atoms with Gasteiger partial charge in [-0.2, -0.15) is 0 Å². The summed E-state index contributed by atoms with van der Waals surface area (Å²) in [7, 11) is 1.97. The molecule has 3 N–H and O–H groups in total. The van der Waals surface area contributed by atoms with E-state index in [0.717, 1.165) is 22.5 Å². The first kappa shape index (κ1) is 10.1. The van der Waals surface area contributed by atoms with Gasteiger partial charge in [0.15, 0.2) is 0 Å². The summed E-state index contributed by atoms with van der Waals surface area (Å²) in [6.07, 6.45) is 3.80. The quantitative estimate of drug-likeness (QED) is 0.702. The van der Waals surface area contributed by atoms with E-state index in [-0.39, 0.29) is 0 Å². The molecule has 0 amide bonds. The lowest BCUT2D eigenvalue weighted by Crippen LogP contribution is -2.03. The largest absolute Gasteiger partial charge is 0.360 e. The molecule has 0 aliphatic heterocycles. The van der Waals surface area contributed by atoms with Gasteiger partial charge in [-0.15, -0.1) is 0 Å². The highest BCUT2D eigenvalue weighted by atomic mass is 15.0. The van der Waals surface area contributed by atoms with Crippen LogP contribution in [0.15, 0.2) is 36.8 Å². The Morgan fingerprint density at radius 1 is 1.35 bits per heavy atom. The summed E-state index contributed by atoms with van der Waals surface area (Å²) in [6, 6.07) is 8.20. The van der Waals surface area contributed by atoms with Crippen LogP contribution in [-0.4, -0.2) is 14.5 Å². The lowest BCUT2D eigenvalue weighted by atomic mass is 10.1. The number of rotatable bonds is 2. The monoisotopic (exact) mass is 226 g/mol. The topological polar surface area (TPSA) is 59.6 Å². The zero-order chi connectivity index (χ0) is 11.8. The Kier molecular flexibility index (Phi) is 2.23. The summed E-state index contributed by atoms with van der Waals surface area (Å²) < 4.78 is 1.97. The Hall–Kier alpha value is -2.07. The lowest BCUT2D eigenvalue weighted by Gasteiger charge is -2.01. The molecule has 0 fully saturated rings. The standard InChI is InChI=1S/C13H14N4/c1-17-8-16-13(12(17)6-14)10-7-15-11-5-3-2-4-9(10)11/h2-5,7-8,15H,6,14H2,1H3. The average Bonchev–Trinajstić information content (AvgIpc) is 2.92. The van der Waals surface area contributed by atoms with E-state index >= 15 is 0 Å². The van der Waals surface area contributed by atoms with Crippen LogP contribution in [0, 0.1) is 0 Å². The zero-order valence-electron chi connectivity index (χ0n) is 9.64. The third-order valence-corrected chi connectivity index (χ3v) is 3.10. The number of aryl methyl sites for hydroxylation is 1. The van der Waals surface area contributed by atoms with Crippen LogP contribution in [0.4, 0.5) is 0 Å². The van der Waals surface area contributed by atoms with E-state index in [9.17, 15) is 0 Å². The van der Waals surface area contributed by atoms with Crippen LogP contribution in [-0.2, 0) is 13.6 Å². The molecule has 0 aliphatic carbocycles. The third-order valence-electron chi connectivity index (χ3n) is 3.10. The van der Waals surface area contributed by atoms with Crippen molar-refractivity contribution in [3.8, 4) is 11.3 Å². The molecule has 2 heterocycles. The Labute approximate surface area is 99.1 Å². The van der Waals surface area contributed by atoms with Gasteiger partial charge in [-0.3, -0.25) is 0 Å². The van der Waals surface area contributed by atoms with Gasteiger partial charge >= 0.3 is 0 Å². The fourth-order valence-electron chi connectivity index (χ4n) is 2.19. The van der Waals surface area contributed by atoms with Crippen LogP contribution < -0.4 is 5.73 Å². The predicted octanol–water partition coefficient (Wildman–Crippen LogP) is 2.03. The summed E-state index contributed by atoms with van der Waals surface area (Å²) in [5, 5.41) is 1.18. The Morgan fingerprint density at radius 3 is 3.00 bits per heavy atom. The highest BCUT2D eigenvalue weighted by Crippen LogP contribution is 2.29. The molecule has 0 atom stereocenters. The van der Waals surface area contributed by atoms with Crippen LogP contribution in [0.2, 0.25) is 0 Å². The third kappa shape index (κ3) is 1.45. The predicted molar refractivity (Wildman–Crippen MR) is 68.4 cm³/mol. The SMILES string of the molecule is Cn1cnc(-c2c[nH]c3ccccc23)c1CN. The molecule has 2 aromatic heterocycles. The van der Waals surface area contributed by atoms with Gasteiger partial charge in [-0.1, -0.05) is 18.2 Å². The van der Waals surface area contributed by atoms with Crippen molar-refractivity contribution in [3.63, 3.8) is 0 Å². The molecule has 4 heteroatoms. The minimum absolute atomic E-state index is 0.491. The number of nitrogens with two attached hydrogens (primary N) is 1. The Morgan fingerprint density at radius 2 is 2.18 bits per heavy atom. The van der Waals surface area contributed by atoms with Gasteiger partial charge in [0.05, 0.1) is 17.7 Å². The van der Waals surface area contributed by atoms with Gasteiger partial charge in [0, 0.05) is 36.3 Å². The van der Waals surface area contributed by atoms with E-state index in [0.29, 0.717) is 6.54 Å². The number of hydrogen-bond donors (Lipinski definition) is 2. The smallest absolute Gasteiger partial charge is 0.0953 e. The summed E-state index contributed by atoms with van der Waals surface area (Å²) in [5.41, 5.74) is 10.0. The minimum Gasteiger partial charge on any atom is -0.360 e. The fraction of sp³-hybridized carbons (Fsp3) is 0.154. The molecular formula is C13H14N4. The van der Waals surface area contributed by atoms with E-state index in [2.05, 4.69) is 22.1 Å². The maximum atomic E-state index is 5.78. The first-order chi connectivity index (χ1) is 8.31. The number of benzene rings is 1. The minimum atomic E-state index is 0.491. The molecule has 1 aromatic carbocycles. The van der Waals surface area contributed by atoms with Crippen LogP contribution >= 0.6 is 0 Å². The summed E-state index contributed by atoms with van der Waals surface area (Å²) in [5.74, 6) is 0. The van der Waals surface area contributed by atoms with E-state index < -0.39 is 0 Å². The second-order valence-electron chi connectivity index (χ2n) is 4.10. The van der Waals surface area contributed by atoms with E-state index in [1.807, 2.05) is 29.9 Å². The summed E-state index contributed by atoms with van der Waals surface area (Å²) in [6.45, 7) is 0.491. The van der Waals surface area contributed by atoms with Gasteiger partial charge in [0.2, 0.25) is 0 Å². The van der Waals surface area contributed by atoms with Crippen molar-refractivity contribution in [2.45, 2.75) is 6.54 Å². The molecular weight excluding hydrogens is 212 g/mol. The number of nitrogens with zero attached hydrogens (tertiary/aromatic N) is 2. The van der Waals surface area contributed by atoms with Gasteiger partial charge in [-0.25, -0.2) is 4.98 Å². The maximum Gasteiger partial charge on any atom is 0.0953 e. The zero-order valence-corrected chi connectivity index (χ0v) is 9.64. The van der Waals surface area contributed by atoms with Crippen molar-refractivity contribution in [3.05, 3.63) is 42.5 Å². The molecule has 0 bridgehead atoms. The van der Waals surface area contributed by atoms with Gasteiger partial charge in [-0.05, 0) is 6.07 Å². The number of aromatic nitrogens is 3. The molecule has 3 rings (SSSR count). The highest BCUT2D eigenvalue weighted by molar-refractivity contribution is 5.95. The molecule has 3 aromatic rings. The van der Waals surface area contributed by atoms with Crippen LogP contribution in [0.1, 0.15) is 5.69 Å². The molecule has 0 saturated heterocycles. The first-order valence-corrected chi connectivity index (χ1v) is 5.58. The lowest BCUT2D eigenvalue weighted by molar-refractivity contribution is 0.822. The summed E-state index contributed by atoms with van der Waals surface area (Å²) in [4.78, 5) is 7.70. The molecule has 0 aliphatic rings. The second-order valence-corrected chi connectivity index (χ2v) is 4.10.